The van der Waals surface area contributed by atoms with Crippen LogP contribution in [0, 0.1) is 0 Å². The predicted molar refractivity (Wildman–Crippen MR) is 40.2 cm³/mol. The molecule has 0 aliphatic heterocycles. The van der Waals surface area contributed by atoms with E-state index in [1.165, 1.54) is 0 Å². The summed E-state index contributed by atoms with van der Waals surface area (Å²) in [5.74, 6) is 4.87. The molecule has 4 nitrogen and oxygen atoms in total. The monoisotopic (exact) mass is 145 g/mol. The van der Waals surface area contributed by atoms with Crippen molar-refractivity contribution in [1.29, 1.82) is 0 Å². The maximum absolute atomic E-state index is 10.6. The highest BCUT2D eigenvalue weighted by molar-refractivity contribution is 5.73. The summed E-state index contributed by atoms with van der Waals surface area (Å²) in [5.41, 5.74) is 2.01. The van der Waals surface area contributed by atoms with Crippen molar-refractivity contribution in [2.24, 2.45) is 5.84 Å². The third kappa shape index (κ3) is 3.29. The minimum absolute atomic E-state index is 0.239. The van der Waals surface area contributed by atoms with E-state index in [1.807, 2.05) is 19.3 Å². The lowest BCUT2D eigenvalue weighted by molar-refractivity contribution is 0.236. The summed E-state index contributed by atoms with van der Waals surface area (Å²) in [6.45, 7) is 4.04. The Morgan fingerprint density at radius 2 is 2.00 bits per heavy atom. The van der Waals surface area contributed by atoms with Crippen LogP contribution in [0.5, 0.6) is 0 Å². The van der Waals surface area contributed by atoms with Gasteiger partial charge in [-0.15, -0.1) is 0 Å². The fourth-order valence-electron chi connectivity index (χ4n) is 0.720. The van der Waals surface area contributed by atoms with Gasteiger partial charge in [-0.05, 0) is 12.8 Å². The number of rotatable bonds is 3. The molecule has 0 rings (SSSR count). The van der Waals surface area contributed by atoms with Crippen LogP contribution >= 0.6 is 0 Å². The number of nitrogens with two attached hydrogens (primary N) is 1. The zero-order valence-corrected chi connectivity index (χ0v) is 6.48. The Bertz CT molecular complexity index is 101. The van der Waals surface area contributed by atoms with Crippen LogP contribution < -0.4 is 16.6 Å². The molecule has 0 fully saturated rings. The van der Waals surface area contributed by atoms with E-state index >= 15 is 0 Å². The van der Waals surface area contributed by atoms with E-state index in [0.29, 0.717) is 0 Å². The molecular weight excluding hydrogens is 130 g/mol. The van der Waals surface area contributed by atoms with E-state index in [2.05, 4.69) is 5.32 Å². The van der Waals surface area contributed by atoms with Gasteiger partial charge in [0, 0.05) is 6.04 Å². The van der Waals surface area contributed by atoms with Gasteiger partial charge in [0.25, 0.3) is 0 Å². The van der Waals surface area contributed by atoms with E-state index in [-0.39, 0.29) is 12.1 Å². The second kappa shape index (κ2) is 5.05. The quantitative estimate of drug-likeness (QED) is 0.305. The maximum Gasteiger partial charge on any atom is 0.329 e. The lowest BCUT2D eigenvalue weighted by atomic mass is 10.2. The first kappa shape index (κ1) is 9.23. The van der Waals surface area contributed by atoms with Gasteiger partial charge in [-0.1, -0.05) is 13.8 Å². The van der Waals surface area contributed by atoms with Crippen molar-refractivity contribution in [2.75, 3.05) is 0 Å². The molecule has 0 bridgehead atoms. The summed E-state index contributed by atoms with van der Waals surface area (Å²) in [7, 11) is 0. The van der Waals surface area contributed by atoms with Crippen LogP contribution in [0.3, 0.4) is 0 Å². The minimum Gasteiger partial charge on any atom is -0.334 e. The van der Waals surface area contributed by atoms with Crippen molar-refractivity contribution in [2.45, 2.75) is 32.7 Å². The van der Waals surface area contributed by atoms with Gasteiger partial charge < -0.3 is 5.32 Å². The maximum atomic E-state index is 10.6. The van der Waals surface area contributed by atoms with Gasteiger partial charge in [-0.25, -0.2) is 10.6 Å². The average molecular weight is 145 g/mol. The summed E-state index contributed by atoms with van der Waals surface area (Å²) >= 11 is 0. The molecule has 0 saturated carbocycles. The molecule has 0 radical (unpaired) electrons. The van der Waals surface area contributed by atoms with Crippen LogP contribution in [0.25, 0.3) is 0 Å². The minimum atomic E-state index is -0.311. The molecular formula is C6H15N3O. The summed E-state index contributed by atoms with van der Waals surface area (Å²) in [6.07, 6.45) is 1.87. The molecule has 4 heteroatoms. The Morgan fingerprint density at radius 3 is 2.30 bits per heavy atom. The van der Waals surface area contributed by atoms with Crippen LogP contribution in [-0.4, -0.2) is 12.1 Å². The van der Waals surface area contributed by atoms with E-state index in [9.17, 15) is 4.79 Å². The van der Waals surface area contributed by atoms with E-state index < -0.39 is 0 Å². The van der Waals surface area contributed by atoms with E-state index in [4.69, 9.17) is 5.84 Å². The molecule has 0 aromatic carbocycles. The SMILES string of the molecule is CCC(CC)NC(=O)NN. The van der Waals surface area contributed by atoms with E-state index in [1.54, 1.807) is 0 Å². The van der Waals surface area contributed by atoms with Crippen LogP contribution in [0.4, 0.5) is 4.79 Å². The zero-order chi connectivity index (χ0) is 7.98. The first-order valence-electron chi connectivity index (χ1n) is 3.51. The van der Waals surface area contributed by atoms with E-state index in [0.717, 1.165) is 12.8 Å². The lowest BCUT2D eigenvalue weighted by Crippen LogP contribution is -2.44. The number of amides is 2. The van der Waals surface area contributed by atoms with Gasteiger partial charge in [-0.3, -0.25) is 5.43 Å². The van der Waals surface area contributed by atoms with Crippen LogP contribution in [0.2, 0.25) is 0 Å². The smallest absolute Gasteiger partial charge is 0.329 e. The highest BCUT2D eigenvalue weighted by atomic mass is 16.2. The summed E-state index contributed by atoms with van der Waals surface area (Å²) in [5, 5.41) is 2.69. The molecule has 0 heterocycles. The van der Waals surface area contributed by atoms with Crippen molar-refractivity contribution in [3.05, 3.63) is 0 Å². The van der Waals surface area contributed by atoms with Crippen molar-refractivity contribution >= 4 is 6.03 Å². The molecule has 0 saturated heterocycles. The van der Waals surface area contributed by atoms with Crippen molar-refractivity contribution in [3.63, 3.8) is 0 Å². The Balaban J connectivity index is 3.52. The topological polar surface area (TPSA) is 67.2 Å². The van der Waals surface area contributed by atoms with Crippen molar-refractivity contribution in [3.8, 4) is 0 Å². The van der Waals surface area contributed by atoms with Crippen molar-refractivity contribution in [1.82, 2.24) is 10.7 Å². The summed E-state index contributed by atoms with van der Waals surface area (Å²) < 4.78 is 0. The molecule has 0 atom stereocenters. The summed E-state index contributed by atoms with van der Waals surface area (Å²) in [4.78, 5) is 10.6. The Morgan fingerprint density at radius 1 is 1.50 bits per heavy atom. The molecule has 0 spiro atoms. The average Bonchev–Trinajstić information content (AvgIpc) is 1.99. The fourth-order valence-corrected chi connectivity index (χ4v) is 0.720. The van der Waals surface area contributed by atoms with Gasteiger partial charge in [0.05, 0.1) is 0 Å². The number of hydrazine groups is 1. The van der Waals surface area contributed by atoms with Gasteiger partial charge in [0.2, 0.25) is 0 Å². The Hall–Kier alpha value is -0.770. The molecule has 10 heavy (non-hydrogen) atoms. The molecule has 0 aliphatic rings. The lowest BCUT2D eigenvalue weighted by Gasteiger charge is -2.13. The van der Waals surface area contributed by atoms with Crippen LogP contribution in [0.15, 0.2) is 0 Å². The van der Waals surface area contributed by atoms with Gasteiger partial charge in [0.15, 0.2) is 0 Å². The largest absolute Gasteiger partial charge is 0.334 e. The number of urea groups is 1. The first-order valence-corrected chi connectivity index (χ1v) is 3.51. The Kier molecular flexibility index (Phi) is 4.66. The Labute approximate surface area is 61.1 Å². The molecule has 2 amide bonds. The number of nitrogens with one attached hydrogen (secondary N) is 2. The van der Waals surface area contributed by atoms with Crippen molar-refractivity contribution < 1.29 is 4.79 Å². The number of carbonyl (C=O) groups excluding carboxylic acids is 1. The second-order valence-corrected chi connectivity index (χ2v) is 2.13. The van der Waals surface area contributed by atoms with Gasteiger partial charge in [0.1, 0.15) is 0 Å². The van der Waals surface area contributed by atoms with Crippen LogP contribution in [-0.2, 0) is 0 Å². The highest BCUT2D eigenvalue weighted by Gasteiger charge is 2.04. The third-order valence-corrected chi connectivity index (χ3v) is 1.45. The second-order valence-electron chi connectivity index (χ2n) is 2.13. The first-order chi connectivity index (χ1) is 4.74. The molecule has 0 aromatic heterocycles. The highest BCUT2D eigenvalue weighted by Crippen LogP contribution is 1.94. The van der Waals surface area contributed by atoms with Crippen LogP contribution in [0.1, 0.15) is 26.7 Å². The predicted octanol–water partition coefficient (Wildman–Crippen LogP) is 0.348. The third-order valence-electron chi connectivity index (χ3n) is 1.45. The zero-order valence-electron chi connectivity index (χ0n) is 6.48. The molecule has 0 aromatic rings. The van der Waals surface area contributed by atoms with Gasteiger partial charge in [-0.2, -0.15) is 0 Å². The number of hydrogen-bond acceptors (Lipinski definition) is 2. The standard InChI is InChI=1S/C6H15N3O/c1-3-5(4-2)8-6(10)9-7/h5H,3-4,7H2,1-2H3,(H2,8,9,10). The molecule has 60 valence electrons. The molecule has 0 unspecified atom stereocenters. The molecule has 0 aliphatic carbocycles. The number of hydrogen-bond donors (Lipinski definition) is 3. The summed E-state index contributed by atoms with van der Waals surface area (Å²) in [6, 6.07) is -0.0720. The molecule has 4 N–H and O–H groups in total. The fraction of sp³-hybridized carbons (Fsp3) is 0.833. The number of carbonyl (C=O) groups is 1. The normalized spacial score (nSPS) is 9.60. The van der Waals surface area contributed by atoms with Gasteiger partial charge >= 0.3 is 6.03 Å².